The zero-order valence-corrected chi connectivity index (χ0v) is 10.7. The van der Waals surface area contributed by atoms with E-state index in [1.165, 1.54) is 0 Å². The van der Waals surface area contributed by atoms with Crippen LogP contribution in [0.3, 0.4) is 0 Å². The maximum Gasteiger partial charge on any atom is 0.252 e. The molecule has 0 bridgehead atoms. The van der Waals surface area contributed by atoms with Crippen LogP contribution in [0.2, 0.25) is 0 Å². The molecule has 94 valence electrons. The maximum absolute atomic E-state index is 11.9. The zero-order valence-electron chi connectivity index (χ0n) is 10.7. The zero-order chi connectivity index (χ0) is 13.1. The number of rotatable bonds is 3. The molecule has 0 saturated heterocycles. The second kappa shape index (κ2) is 5.19. The number of H-pyrrole nitrogens is 1. The summed E-state index contributed by atoms with van der Waals surface area (Å²) in [6.07, 6.45) is 0. The predicted octanol–water partition coefficient (Wildman–Crippen LogP) is 2.62. The molecule has 0 aliphatic rings. The van der Waals surface area contributed by atoms with Gasteiger partial charge in [-0.3, -0.25) is 4.79 Å². The Kier molecular flexibility index (Phi) is 3.63. The molecule has 0 fully saturated rings. The third kappa shape index (κ3) is 2.36. The summed E-state index contributed by atoms with van der Waals surface area (Å²) >= 11 is 0. The third-order valence-electron chi connectivity index (χ3n) is 3.05. The number of nitrogens with two attached hydrogens (primary N) is 1. The van der Waals surface area contributed by atoms with E-state index in [-0.39, 0.29) is 12.1 Å². The van der Waals surface area contributed by atoms with Crippen molar-refractivity contribution < 1.29 is 0 Å². The van der Waals surface area contributed by atoms with Crippen molar-refractivity contribution in [1.82, 2.24) is 4.98 Å². The number of aromatic amines is 1. The van der Waals surface area contributed by atoms with Crippen LogP contribution in [0.5, 0.6) is 0 Å². The van der Waals surface area contributed by atoms with Gasteiger partial charge in [-0.2, -0.15) is 0 Å². The van der Waals surface area contributed by atoms with Gasteiger partial charge in [-0.05, 0) is 23.1 Å². The highest BCUT2D eigenvalue weighted by Crippen LogP contribution is 2.26. The monoisotopic (exact) mass is 242 g/mol. The molecule has 0 unspecified atom stereocenters. The largest absolute Gasteiger partial charge is 0.326 e. The van der Waals surface area contributed by atoms with Crippen molar-refractivity contribution in [2.24, 2.45) is 5.73 Å². The summed E-state index contributed by atoms with van der Waals surface area (Å²) in [4.78, 5) is 14.8. The Morgan fingerprint density at radius 3 is 2.44 bits per heavy atom. The van der Waals surface area contributed by atoms with E-state index in [1.54, 1.807) is 0 Å². The minimum Gasteiger partial charge on any atom is -0.326 e. The molecule has 0 radical (unpaired) electrons. The van der Waals surface area contributed by atoms with Gasteiger partial charge >= 0.3 is 0 Å². The highest BCUT2D eigenvalue weighted by atomic mass is 16.1. The Hall–Kier alpha value is -1.87. The smallest absolute Gasteiger partial charge is 0.252 e. The summed E-state index contributed by atoms with van der Waals surface area (Å²) in [7, 11) is 0. The van der Waals surface area contributed by atoms with Crippen LogP contribution >= 0.6 is 0 Å². The summed E-state index contributed by atoms with van der Waals surface area (Å²) in [6.45, 7) is 4.49. The van der Waals surface area contributed by atoms with Gasteiger partial charge < -0.3 is 10.7 Å². The van der Waals surface area contributed by atoms with Crippen LogP contribution in [0.25, 0.3) is 11.3 Å². The molecule has 2 aromatic rings. The quantitative estimate of drug-likeness (QED) is 0.869. The van der Waals surface area contributed by atoms with Crippen molar-refractivity contribution in [3.63, 3.8) is 0 Å². The van der Waals surface area contributed by atoms with E-state index in [2.05, 4.69) is 18.8 Å². The second-order valence-corrected chi connectivity index (χ2v) is 4.68. The number of benzene rings is 1. The number of hydrogen-bond acceptors (Lipinski definition) is 2. The number of hydrogen-bond donors (Lipinski definition) is 2. The first kappa shape index (κ1) is 12.6. The van der Waals surface area contributed by atoms with Crippen LogP contribution in [0.15, 0.2) is 41.2 Å². The van der Waals surface area contributed by atoms with Crippen LogP contribution < -0.4 is 11.3 Å². The van der Waals surface area contributed by atoms with E-state index in [4.69, 9.17) is 5.73 Å². The molecule has 0 atom stereocenters. The number of pyridine rings is 1. The van der Waals surface area contributed by atoms with E-state index >= 15 is 0 Å². The fourth-order valence-electron chi connectivity index (χ4n) is 2.04. The van der Waals surface area contributed by atoms with Crippen LogP contribution in [0, 0.1) is 0 Å². The highest BCUT2D eigenvalue weighted by molar-refractivity contribution is 5.63. The number of aromatic nitrogens is 1. The second-order valence-electron chi connectivity index (χ2n) is 4.68. The summed E-state index contributed by atoms with van der Waals surface area (Å²) in [6, 6.07) is 11.8. The highest BCUT2D eigenvalue weighted by Gasteiger charge is 2.12. The van der Waals surface area contributed by atoms with Crippen molar-refractivity contribution in [3.05, 3.63) is 57.9 Å². The van der Waals surface area contributed by atoms with Gasteiger partial charge in [-0.25, -0.2) is 0 Å². The first-order chi connectivity index (χ1) is 8.63. The topological polar surface area (TPSA) is 58.9 Å². The molecule has 3 nitrogen and oxygen atoms in total. The lowest BCUT2D eigenvalue weighted by atomic mass is 9.95. The fourth-order valence-corrected chi connectivity index (χ4v) is 2.04. The molecule has 1 aromatic heterocycles. The van der Waals surface area contributed by atoms with Gasteiger partial charge in [-0.15, -0.1) is 0 Å². The van der Waals surface area contributed by atoms with Crippen molar-refractivity contribution in [1.29, 1.82) is 0 Å². The van der Waals surface area contributed by atoms with Crippen molar-refractivity contribution in [2.75, 3.05) is 0 Å². The minimum atomic E-state index is -0.0965. The molecule has 3 N–H and O–H groups in total. The van der Waals surface area contributed by atoms with Crippen molar-refractivity contribution in [3.8, 4) is 11.3 Å². The van der Waals surface area contributed by atoms with Crippen molar-refractivity contribution >= 4 is 0 Å². The molecule has 3 heteroatoms. The van der Waals surface area contributed by atoms with Gasteiger partial charge in [0.15, 0.2) is 0 Å². The molecule has 0 aliphatic carbocycles. The predicted molar refractivity (Wildman–Crippen MR) is 74.5 cm³/mol. The summed E-state index contributed by atoms with van der Waals surface area (Å²) in [5, 5.41) is 0. The summed E-state index contributed by atoms with van der Waals surface area (Å²) in [5.41, 5.74) is 9.18. The Bertz CT molecular complexity index is 585. The van der Waals surface area contributed by atoms with Gasteiger partial charge in [0.1, 0.15) is 0 Å². The van der Waals surface area contributed by atoms with Gasteiger partial charge in [-0.1, -0.05) is 44.2 Å². The molecule has 18 heavy (non-hydrogen) atoms. The Labute approximate surface area is 107 Å². The molecule has 0 amide bonds. The van der Waals surface area contributed by atoms with E-state index < -0.39 is 0 Å². The molecule has 1 aromatic carbocycles. The standard InChI is InChI=1S/C15H18N2O/c1-10(2)13-8-12(9-16)15(18)17-14(13)11-6-4-3-5-7-11/h3-8,10H,9,16H2,1-2H3,(H,17,18). The fraction of sp³-hybridized carbons (Fsp3) is 0.267. The maximum atomic E-state index is 11.9. The van der Waals surface area contributed by atoms with Gasteiger partial charge in [0.2, 0.25) is 0 Å². The molecule has 0 saturated carbocycles. The lowest BCUT2D eigenvalue weighted by Gasteiger charge is -2.14. The third-order valence-corrected chi connectivity index (χ3v) is 3.05. The molecule has 1 heterocycles. The van der Waals surface area contributed by atoms with Crippen LogP contribution in [-0.4, -0.2) is 4.98 Å². The molecule has 0 spiro atoms. The molecule has 0 aliphatic heterocycles. The lowest BCUT2D eigenvalue weighted by molar-refractivity contribution is 0.849. The average molecular weight is 242 g/mol. The Morgan fingerprint density at radius 1 is 1.22 bits per heavy atom. The van der Waals surface area contributed by atoms with Crippen molar-refractivity contribution in [2.45, 2.75) is 26.3 Å². The first-order valence-corrected chi connectivity index (χ1v) is 6.15. The molecular weight excluding hydrogens is 224 g/mol. The normalized spacial score (nSPS) is 10.9. The van der Waals surface area contributed by atoms with Crippen LogP contribution in [0.4, 0.5) is 0 Å². The lowest BCUT2D eigenvalue weighted by Crippen LogP contribution is -2.18. The number of nitrogens with one attached hydrogen (secondary N) is 1. The van der Waals surface area contributed by atoms with Crippen LogP contribution in [0.1, 0.15) is 30.9 Å². The van der Waals surface area contributed by atoms with Gasteiger partial charge in [0, 0.05) is 12.1 Å². The summed E-state index contributed by atoms with van der Waals surface area (Å²) < 4.78 is 0. The molecule has 2 rings (SSSR count). The van der Waals surface area contributed by atoms with E-state index in [0.29, 0.717) is 11.5 Å². The Balaban J connectivity index is 2.67. The molecular formula is C15H18N2O. The van der Waals surface area contributed by atoms with E-state index in [9.17, 15) is 4.79 Å². The Morgan fingerprint density at radius 2 is 1.89 bits per heavy atom. The van der Waals surface area contributed by atoms with E-state index in [0.717, 1.165) is 16.8 Å². The van der Waals surface area contributed by atoms with Gasteiger partial charge in [0.25, 0.3) is 5.56 Å². The van der Waals surface area contributed by atoms with E-state index in [1.807, 2.05) is 36.4 Å². The van der Waals surface area contributed by atoms with Gasteiger partial charge in [0.05, 0.1) is 5.69 Å². The minimum absolute atomic E-state index is 0.0965. The first-order valence-electron chi connectivity index (χ1n) is 6.15. The summed E-state index contributed by atoms with van der Waals surface area (Å²) in [5.74, 6) is 0.336. The SMILES string of the molecule is CC(C)c1cc(CN)c(=O)[nH]c1-c1ccccc1. The average Bonchev–Trinajstić information content (AvgIpc) is 2.39. The van der Waals surface area contributed by atoms with Crippen LogP contribution in [-0.2, 0) is 6.54 Å².